The van der Waals surface area contributed by atoms with E-state index in [1.54, 1.807) is 0 Å². The van der Waals surface area contributed by atoms with Crippen molar-refractivity contribution in [2.24, 2.45) is 17.0 Å². The summed E-state index contributed by atoms with van der Waals surface area (Å²) in [5, 5.41) is 13.4. The molecule has 36 heavy (non-hydrogen) atoms. The Morgan fingerprint density at radius 3 is 2.28 bits per heavy atom. The first-order chi connectivity index (χ1) is 17.5. The number of oxime groups is 1. The molecule has 8 heteroatoms. The van der Waals surface area contributed by atoms with Crippen LogP contribution in [0.2, 0.25) is 0 Å². The number of hydrogen-bond acceptors (Lipinski definition) is 6. The van der Waals surface area contributed by atoms with Gasteiger partial charge in [0.1, 0.15) is 7.11 Å². The molecule has 1 aromatic heterocycles. The number of carbonyl (C=O) groups is 1. The summed E-state index contributed by atoms with van der Waals surface area (Å²) >= 11 is 0. The van der Waals surface area contributed by atoms with Gasteiger partial charge in [-0.2, -0.15) is 0 Å². The van der Waals surface area contributed by atoms with Crippen LogP contribution in [0.15, 0.2) is 34.2 Å². The minimum absolute atomic E-state index is 0.0105. The molecule has 6 atom stereocenters. The summed E-state index contributed by atoms with van der Waals surface area (Å²) in [5.74, 6) is 0.465. The molecule has 4 aliphatic rings. The number of nitrogens with zero attached hydrogens (tertiary/aromatic N) is 4. The van der Waals surface area contributed by atoms with Crippen LogP contribution in [0.5, 0.6) is 0 Å². The first kappa shape index (κ1) is 23.6. The summed E-state index contributed by atoms with van der Waals surface area (Å²) in [6.07, 6.45) is 13.7. The molecule has 2 saturated carbocycles. The van der Waals surface area contributed by atoms with Gasteiger partial charge in [0.05, 0.1) is 11.0 Å². The fourth-order valence-electron chi connectivity index (χ4n) is 8.08. The number of aromatic nitrogens is 2. The Kier molecular flexibility index (Phi) is 6.32. The number of carboxylic acid groups (broad SMARTS) is 1. The monoisotopic (exact) mass is 492 g/mol. The second kappa shape index (κ2) is 9.61. The van der Waals surface area contributed by atoms with E-state index in [4.69, 9.17) is 4.84 Å². The molecule has 1 N–H and O–H groups in total. The Bertz CT molecular complexity index is 1210. The van der Waals surface area contributed by atoms with Gasteiger partial charge in [-0.15, -0.1) is 0 Å². The third-order valence-electron chi connectivity index (χ3n) is 9.30. The molecule has 1 aromatic carbocycles. The summed E-state index contributed by atoms with van der Waals surface area (Å²) in [6, 6.07) is 9.16. The van der Waals surface area contributed by atoms with E-state index in [-0.39, 0.29) is 11.7 Å². The maximum atomic E-state index is 13.8. The molecule has 0 unspecified atom stereocenters. The fraction of sp³-hybridized carbons (Fsp3) is 0.643. The molecule has 2 saturated heterocycles. The lowest BCUT2D eigenvalue weighted by atomic mass is 9.68. The number of hydrogen-bond donors (Lipinski definition) is 1. The van der Waals surface area contributed by atoms with Gasteiger partial charge in [-0.3, -0.25) is 9.69 Å². The Balaban J connectivity index is 1.37. The van der Waals surface area contributed by atoms with Gasteiger partial charge in [-0.05, 0) is 68.9 Å². The largest absolute Gasteiger partial charge is 0.476 e. The molecule has 2 aromatic rings. The van der Waals surface area contributed by atoms with Crippen LogP contribution in [0.4, 0.5) is 0 Å². The first-order valence-electron chi connectivity index (χ1n) is 13.7. The number of carboxylic acids is 1. The summed E-state index contributed by atoms with van der Waals surface area (Å²) in [4.78, 5) is 37.8. The molecule has 0 amide bonds. The van der Waals surface area contributed by atoms with Gasteiger partial charge in [0.2, 0.25) is 5.71 Å². The Morgan fingerprint density at radius 2 is 1.61 bits per heavy atom. The van der Waals surface area contributed by atoms with E-state index in [2.05, 4.69) is 15.0 Å². The number of aliphatic carboxylic acids is 1. The van der Waals surface area contributed by atoms with Gasteiger partial charge in [0.25, 0.3) is 5.56 Å². The van der Waals surface area contributed by atoms with E-state index in [9.17, 15) is 14.7 Å². The Hall–Kier alpha value is -2.74. The number of piperidine rings is 2. The van der Waals surface area contributed by atoms with Crippen LogP contribution in [0.3, 0.4) is 0 Å². The van der Waals surface area contributed by atoms with Crippen LogP contribution in [-0.4, -0.2) is 56.5 Å². The van der Waals surface area contributed by atoms with Crippen molar-refractivity contribution < 1.29 is 14.7 Å². The highest BCUT2D eigenvalue weighted by atomic mass is 16.6. The number of fused-ring (bicyclic) bond motifs is 5. The van der Waals surface area contributed by atoms with Crippen molar-refractivity contribution in [1.29, 1.82) is 0 Å². The summed E-state index contributed by atoms with van der Waals surface area (Å²) in [7, 11) is 1.28. The van der Waals surface area contributed by atoms with Crippen LogP contribution in [-0.2, 0) is 9.63 Å². The molecule has 3 heterocycles. The molecular weight excluding hydrogens is 456 g/mol. The lowest BCUT2D eigenvalue weighted by Crippen LogP contribution is -2.58. The van der Waals surface area contributed by atoms with Crippen molar-refractivity contribution >= 4 is 22.7 Å². The zero-order valence-corrected chi connectivity index (χ0v) is 21.0. The van der Waals surface area contributed by atoms with Crippen molar-refractivity contribution in [3.8, 4) is 0 Å². The van der Waals surface area contributed by atoms with E-state index in [0.717, 1.165) is 30.2 Å². The lowest BCUT2D eigenvalue weighted by Gasteiger charge is -2.55. The normalized spacial score (nSPS) is 32.9. The molecule has 2 aliphatic carbocycles. The third-order valence-corrected chi connectivity index (χ3v) is 9.30. The maximum Gasteiger partial charge on any atom is 0.360 e. The smallest absolute Gasteiger partial charge is 0.360 e. The standard InChI is InChI=1S/C28H36N4O4/c1-36-30-26(28(34)35)25-27(33)32(24-11-3-2-10-23(24)29-25)22-15-19-8-5-9-20(16-22)31(19)21-13-17-6-4-7-18(12-17)14-21/h2-3,10-11,17-22H,4-9,12-16H2,1H3,(H,34,35)/b30-26-/t17-,18+,19-,20+,21+,22+. The average Bonchev–Trinajstić information content (AvgIpc) is 2.86. The third kappa shape index (κ3) is 4.13. The predicted octanol–water partition coefficient (Wildman–Crippen LogP) is 4.36. The molecule has 0 radical (unpaired) electrons. The Morgan fingerprint density at radius 1 is 0.944 bits per heavy atom. The van der Waals surface area contributed by atoms with Gasteiger partial charge in [0.15, 0.2) is 5.69 Å². The van der Waals surface area contributed by atoms with E-state index >= 15 is 0 Å². The average molecular weight is 493 g/mol. The quantitative estimate of drug-likeness (QED) is 0.492. The van der Waals surface area contributed by atoms with Crippen molar-refractivity contribution in [3.05, 3.63) is 40.3 Å². The topological polar surface area (TPSA) is 97.0 Å². The van der Waals surface area contributed by atoms with Gasteiger partial charge in [0, 0.05) is 24.2 Å². The van der Waals surface area contributed by atoms with Crippen molar-refractivity contribution in [2.75, 3.05) is 7.11 Å². The maximum absolute atomic E-state index is 13.8. The van der Waals surface area contributed by atoms with Crippen LogP contribution < -0.4 is 5.56 Å². The number of rotatable bonds is 5. The van der Waals surface area contributed by atoms with E-state index in [0.29, 0.717) is 23.6 Å². The van der Waals surface area contributed by atoms with Gasteiger partial charge in [-0.25, -0.2) is 9.78 Å². The van der Waals surface area contributed by atoms with Gasteiger partial charge >= 0.3 is 5.97 Å². The first-order valence-corrected chi connectivity index (χ1v) is 13.7. The van der Waals surface area contributed by atoms with Crippen LogP contribution in [0.1, 0.15) is 82.4 Å². The zero-order valence-electron chi connectivity index (χ0n) is 21.0. The molecular formula is C28H36N4O4. The summed E-state index contributed by atoms with van der Waals surface area (Å²) in [6.45, 7) is 0. The van der Waals surface area contributed by atoms with E-state index in [1.165, 1.54) is 64.9 Å². The van der Waals surface area contributed by atoms with Crippen LogP contribution >= 0.6 is 0 Å². The van der Waals surface area contributed by atoms with E-state index < -0.39 is 17.2 Å². The number of para-hydroxylation sites is 2. The van der Waals surface area contributed by atoms with E-state index in [1.807, 2.05) is 28.8 Å². The fourth-order valence-corrected chi connectivity index (χ4v) is 8.08. The SMILES string of the molecule is CO/N=C(\C(=O)O)c1nc2ccccc2n([C@H]2C[C@H]3CCC[C@@H](C2)N3[C@H]2C[C@@H]3CCC[C@@H](C3)C2)c1=O. The minimum Gasteiger partial charge on any atom is -0.476 e. The highest BCUT2D eigenvalue weighted by Gasteiger charge is 2.45. The van der Waals surface area contributed by atoms with Crippen LogP contribution in [0, 0.1) is 11.8 Å². The molecule has 4 bridgehead atoms. The highest BCUT2D eigenvalue weighted by molar-refractivity contribution is 6.41. The predicted molar refractivity (Wildman–Crippen MR) is 137 cm³/mol. The van der Waals surface area contributed by atoms with Crippen molar-refractivity contribution in [2.45, 2.75) is 94.8 Å². The molecule has 6 rings (SSSR count). The van der Waals surface area contributed by atoms with Crippen LogP contribution in [0.25, 0.3) is 11.0 Å². The van der Waals surface area contributed by atoms with Gasteiger partial charge < -0.3 is 14.5 Å². The molecule has 192 valence electrons. The zero-order chi connectivity index (χ0) is 24.8. The van der Waals surface area contributed by atoms with Crippen molar-refractivity contribution in [3.63, 3.8) is 0 Å². The molecule has 2 aliphatic heterocycles. The minimum atomic E-state index is -1.32. The highest BCUT2D eigenvalue weighted by Crippen LogP contribution is 2.47. The second-order valence-corrected chi connectivity index (χ2v) is 11.4. The van der Waals surface area contributed by atoms with Crippen molar-refractivity contribution in [1.82, 2.24) is 14.5 Å². The lowest BCUT2D eigenvalue weighted by molar-refractivity contribution is -0.129. The number of benzene rings is 1. The second-order valence-electron chi connectivity index (χ2n) is 11.4. The molecule has 4 fully saturated rings. The summed E-state index contributed by atoms with van der Waals surface area (Å²) in [5.41, 5.74) is 0.363. The molecule has 0 spiro atoms. The Labute approximate surface area is 211 Å². The molecule has 8 nitrogen and oxygen atoms in total. The van der Waals surface area contributed by atoms with Gasteiger partial charge in [-0.1, -0.05) is 43.0 Å². The summed E-state index contributed by atoms with van der Waals surface area (Å²) < 4.78 is 1.82.